The molecule has 2 N–H and O–H groups in total. The first-order valence-electron chi connectivity index (χ1n) is 9.82. The standard InChI is InChI=1S/C23H23N3O3S/c1-14(13-27)25-23(29)22-18-11-21(16-6-5-9-24-12-16)30-20-8-4-3-7-17(20)26(18)15(2)10-19(22)28/h3-10,12,14,21,27H,11,13H2,1-2H3,(H,25,29). The van der Waals surface area contributed by atoms with Gasteiger partial charge in [0.15, 0.2) is 5.43 Å². The Morgan fingerprint density at radius 3 is 2.87 bits per heavy atom. The number of rotatable bonds is 4. The lowest BCUT2D eigenvalue weighted by Gasteiger charge is -2.21. The molecule has 0 fully saturated rings. The average molecular weight is 422 g/mol. The van der Waals surface area contributed by atoms with Gasteiger partial charge < -0.3 is 15.0 Å². The fourth-order valence-corrected chi connectivity index (χ4v) is 5.03. The van der Waals surface area contributed by atoms with Crippen molar-refractivity contribution in [3.63, 3.8) is 0 Å². The summed E-state index contributed by atoms with van der Waals surface area (Å²) in [6.07, 6.45) is 4.06. The van der Waals surface area contributed by atoms with Crippen molar-refractivity contribution in [2.24, 2.45) is 0 Å². The highest BCUT2D eigenvalue weighted by atomic mass is 32.2. The van der Waals surface area contributed by atoms with E-state index in [4.69, 9.17) is 0 Å². The summed E-state index contributed by atoms with van der Waals surface area (Å²) < 4.78 is 2.01. The SMILES string of the molecule is Cc1cc(=O)c(C(=O)NC(C)CO)c2n1-c1ccccc1SC(c1cccnc1)C2. The number of fused-ring (bicyclic) bond motifs is 3. The van der Waals surface area contributed by atoms with Crippen LogP contribution in [0.3, 0.4) is 0 Å². The van der Waals surface area contributed by atoms with Crippen LogP contribution in [-0.2, 0) is 6.42 Å². The van der Waals surface area contributed by atoms with Gasteiger partial charge in [-0.1, -0.05) is 18.2 Å². The molecule has 6 nitrogen and oxygen atoms in total. The molecule has 3 heterocycles. The molecule has 2 unspecified atom stereocenters. The molecule has 0 radical (unpaired) electrons. The number of carbonyl (C=O) groups excluding carboxylic acids is 1. The Labute approximate surface area is 179 Å². The molecule has 1 aliphatic heterocycles. The van der Waals surface area contributed by atoms with Crippen LogP contribution in [0.25, 0.3) is 5.69 Å². The quantitative estimate of drug-likeness (QED) is 0.677. The Bertz CT molecular complexity index is 1140. The lowest BCUT2D eigenvalue weighted by molar-refractivity contribution is 0.0919. The Morgan fingerprint density at radius 1 is 1.33 bits per heavy atom. The highest BCUT2D eigenvalue weighted by Gasteiger charge is 2.29. The minimum Gasteiger partial charge on any atom is -0.394 e. The van der Waals surface area contributed by atoms with E-state index in [0.29, 0.717) is 12.1 Å². The van der Waals surface area contributed by atoms with Crippen molar-refractivity contribution in [1.82, 2.24) is 14.9 Å². The van der Waals surface area contributed by atoms with Gasteiger partial charge in [-0.05, 0) is 37.6 Å². The molecule has 3 aromatic rings. The summed E-state index contributed by atoms with van der Waals surface area (Å²) in [6, 6.07) is 13.0. The van der Waals surface area contributed by atoms with E-state index in [0.717, 1.165) is 21.8 Å². The third-order valence-electron chi connectivity index (χ3n) is 5.19. The van der Waals surface area contributed by atoms with Crippen molar-refractivity contribution in [1.29, 1.82) is 0 Å². The second-order valence-corrected chi connectivity index (χ2v) is 8.67. The van der Waals surface area contributed by atoms with E-state index in [1.165, 1.54) is 6.07 Å². The average Bonchev–Trinajstić information content (AvgIpc) is 2.91. The molecule has 30 heavy (non-hydrogen) atoms. The van der Waals surface area contributed by atoms with Crippen LogP contribution >= 0.6 is 11.8 Å². The van der Waals surface area contributed by atoms with Crippen molar-refractivity contribution in [3.05, 3.63) is 87.6 Å². The molecule has 2 atom stereocenters. The van der Waals surface area contributed by atoms with E-state index in [1.54, 1.807) is 24.9 Å². The Hall–Kier alpha value is -2.90. The number of amides is 1. The van der Waals surface area contributed by atoms with E-state index in [2.05, 4.69) is 16.4 Å². The third-order valence-corrected chi connectivity index (χ3v) is 6.51. The van der Waals surface area contributed by atoms with Crippen molar-refractivity contribution in [3.8, 4) is 5.69 Å². The van der Waals surface area contributed by atoms with Crippen LogP contribution in [0.2, 0.25) is 0 Å². The van der Waals surface area contributed by atoms with Gasteiger partial charge in [0.2, 0.25) is 0 Å². The summed E-state index contributed by atoms with van der Waals surface area (Å²) in [4.78, 5) is 31.3. The number of pyridine rings is 2. The molecule has 1 aromatic carbocycles. The summed E-state index contributed by atoms with van der Waals surface area (Å²) in [5.41, 5.74) is 3.26. The number of hydrogen-bond donors (Lipinski definition) is 2. The second-order valence-electron chi connectivity index (χ2n) is 7.43. The van der Waals surface area contributed by atoms with Crippen LogP contribution in [0.5, 0.6) is 0 Å². The number of carbonyl (C=O) groups is 1. The largest absolute Gasteiger partial charge is 0.394 e. The van der Waals surface area contributed by atoms with E-state index in [1.807, 2.05) is 48.0 Å². The number of aliphatic hydroxyl groups excluding tert-OH is 1. The predicted octanol–water partition coefficient (Wildman–Crippen LogP) is 3.04. The highest BCUT2D eigenvalue weighted by molar-refractivity contribution is 7.99. The minimum atomic E-state index is -0.459. The second kappa shape index (κ2) is 8.45. The zero-order valence-corrected chi connectivity index (χ0v) is 17.6. The van der Waals surface area contributed by atoms with Gasteiger partial charge in [0, 0.05) is 52.5 Å². The van der Waals surface area contributed by atoms with Crippen molar-refractivity contribution < 1.29 is 9.90 Å². The summed E-state index contributed by atoms with van der Waals surface area (Å²) in [7, 11) is 0. The lowest BCUT2D eigenvalue weighted by Crippen LogP contribution is -2.39. The third kappa shape index (κ3) is 3.78. The molecule has 0 bridgehead atoms. The van der Waals surface area contributed by atoms with E-state index in [9.17, 15) is 14.7 Å². The lowest BCUT2D eigenvalue weighted by atomic mass is 10.0. The van der Waals surface area contributed by atoms with Gasteiger partial charge in [0.25, 0.3) is 5.91 Å². The van der Waals surface area contributed by atoms with E-state index >= 15 is 0 Å². The molecule has 7 heteroatoms. The predicted molar refractivity (Wildman–Crippen MR) is 117 cm³/mol. The number of aryl methyl sites for hydroxylation is 1. The maximum Gasteiger partial charge on any atom is 0.257 e. The molecule has 154 valence electrons. The summed E-state index contributed by atoms with van der Waals surface area (Å²) >= 11 is 1.71. The maximum atomic E-state index is 13.0. The van der Waals surface area contributed by atoms with Crippen molar-refractivity contribution in [2.45, 2.75) is 36.5 Å². The molecule has 0 saturated heterocycles. The number of benzene rings is 1. The van der Waals surface area contributed by atoms with Gasteiger partial charge in [-0.2, -0.15) is 0 Å². The zero-order chi connectivity index (χ0) is 21.3. The number of thioether (sulfide) groups is 1. The van der Waals surface area contributed by atoms with Crippen LogP contribution in [0, 0.1) is 6.92 Å². The number of nitrogens with one attached hydrogen (secondary N) is 1. The number of aliphatic hydroxyl groups is 1. The van der Waals surface area contributed by atoms with Crippen molar-refractivity contribution >= 4 is 17.7 Å². The molecule has 4 rings (SSSR count). The monoisotopic (exact) mass is 421 g/mol. The maximum absolute atomic E-state index is 13.0. The van der Waals surface area contributed by atoms with E-state index < -0.39 is 11.9 Å². The molecule has 0 saturated carbocycles. The van der Waals surface area contributed by atoms with Gasteiger partial charge in [0.1, 0.15) is 5.56 Å². The van der Waals surface area contributed by atoms with Crippen LogP contribution in [0.1, 0.15) is 39.5 Å². The van der Waals surface area contributed by atoms with Crippen LogP contribution < -0.4 is 10.7 Å². The first kappa shape index (κ1) is 20.4. The summed E-state index contributed by atoms with van der Waals surface area (Å²) in [5, 5.41) is 12.1. The molecular weight excluding hydrogens is 398 g/mol. The Morgan fingerprint density at radius 2 is 2.13 bits per heavy atom. The van der Waals surface area contributed by atoms with Gasteiger partial charge in [-0.15, -0.1) is 11.8 Å². The summed E-state index contributed by atoms with van der Waals surface area (Å²) in [5.74, 6) is -0.459. The fourth-order valence-electron chi connectivity index (χ4n) is 3.77. The highest BCUT2D eigenvalue weighted by Crippen LogP contribution is 2.44. The van der Waals surface area contributed by atoms with Crippen LogP contribution in [0.15, 0.2) is 64.5 Å². The number of aromatic nitrogens is 2. The zero-order valence-electron chi connectivity index (χ0n) is 16.8. The van der Waals surface area contributed by atoms with E-state index in [-0.39, 0.29) is 22.8 Å². The van der Waals surface area contributed by atoms with Crippen molar-refractivity contribution in [2.75, 3.05) is 6.61 Å². The first-order valence-corrected chi connectivity index (χ1v) is 10.7. The number of nitrogens with zero attached hydrogens (tertiary/aromatic N) is 2. The molecule has 2 aromatic heterocycles. The fraction of sp³-hybridized carbons (Fsp3) is 0.261. The number of hydrogen-bond acceptors (Lipinski definition) is 5. The molecular formula is C23H23N3O3S. The topological polar surface area (TPSA) is 84.2 Å². The Kier molecular flexibility index (Phi) is 5.74. The normalized spacial score (nSPS) is 16.2. The number of para-hydroxylation sites is 1. The summed E-state index contributed by atoms with van der Waals surface area (Å²) in [6.45, 7) is 3.39. The molecule has 0 aliphatic carbocycles. The molecule has 1 aliphatic rings. The first-order chi connectivity index (χ1) is 14.5. The smallest absolute Gasteiger partial charge is 0.257 e. The molecule has 1 amide bonds. The minimum absolute atomic E-state index is 0.00313. The van der Waals surface area contributed by atoms with Gasteiger partial charge in [-0.3, -0.25) is 14.6 Å². The van der Waals surface area contributed by atoms with Gasteiger partial charge in [0.05, 0.1) is 12.3 Å². The molecule has 0 spiro atoms. The Balaban J connectivity index is 1.95. The van der Waals surface area contributed by atoms with Gasteiger partial charge in [-0.25, -0.2) is 0 Å². The van der Waals surface area contributed by atoms with Crippen LogP contribution in [0.4, 0.5) is 0 Å². The van der Waals surface area contributed by atoms with Gasteiger partial charge >= 0.3 is 0 Å². The van der Waals surface area contributed by atoms with Crippen LogP contribution in [-0.4, -0.2) is 33.2 Å².